The summed E-state index contributed by atoms with van der Waals surface area (Å²) in [6, 6.07) is 0. The Hall–Kier alpha value is 0.850. The molecule has 0 unspecified atom stereocenters. The molecular weight excluding hydrogens is 391 g/mol. The zero-order valence-corrected chi connectivity index (χ0v) is 16.6. The van der Waals surface area contributed by atoms with E-state index in [1.54, 1.807) is 6.08 Å². The van der Waals surface area contributed by atoms with E-state index in [1.807, 2.05) is 0 Å². The molecule has 1 N–H and O–H groups in total. The minimum absolute atomic E-state index is 0. The van der Waals surface area contributed by atoms with Gasteiger partial charge in [0.2, 0.25) is 9.05 Å². The number of rotatable bonds is 5. The molecule has 0 atom stereocenters. The maximum atomic E-state index is 9.93. The Morgan fingerprint density at radius 1 is 1.05 bits per heavy atom. The minimum atomic E-state index is -3.79. The van der Waals surface area contributed by atoms with Crippen molar-refractivity contribution in [3.63, 3.8) is 0 Å². The molecule has 0 heterocycles. The van der Waals surface area contributed by atoms with Crippen LogP contribution in [0.2, 0.25) is 0 Å². The second-order valence-corrected chi connectivity index (χ2v) is 7.44. The van der Waals surface area contributed by atoms with Gasteiger partial charge in [0.15, 0.2) is 0 Å². The molecular formula is C9H17BrClNaO5S2. The quantitative estimate of drug-likeness (QED) is 0.218. The van der Waals surface area contributed by atoms with Gasteiger partial charge in [0, 0.05) is 16.0 Å². The monoisotopic (exact) mass is 406 g/mol. The normalized spacial score (nSPS) is 9.42. The third kappa shape index (κ3) is 55.2. The molecule has 0 spiro atoms. The molecule has 0 aliphatic rings. The maximum absolute atomic E-state index is 9.93. The van der Waals surface area contributed by atoms with Gasteiger partial charge < -0.3 is 1.43 Å². The molecule has 0 aromatic rings. The van der Waals surface area contributed by atoms with Gasteiger partial charge in [-0.25, -0.2) is 8.42 Å². The maximum Gasteiger partial charge on any atom is 1.00 e. The molecule has 0 aliphatic carbocycles. The van der Waals surface area contributed by atoms with Gasteiger partial charge in [-0.1, -0.05) is 34.2 Å². The Labute approximate surface area is 151 Å². The molecule has 0 aliphatic heterocycles. The van der Waals surface area contributed by atoms with Crippen molar-refractivity contribution in [2.45, 2.75) is 0 Å². The van der Waals surface area contributed by atoms with E-state index < -0.39 is 19.2 Å². The van der Waals surface area contributed by atoms with Crippen molar-refractivity contribution in [1.29, 1.82) is 0 Å². The molecule has 0 radical (unpaired) electrons. The zero-order chi connectivity index (χ0) is 15.2. The first-order valence-corrected chi connectivity index (χ1v) is 9.51. The van der Waals surface area contributed by atoms with E-state index in [0.29, 0.717) is 0 Å². The SMILES string of the molecule is C=CCBr.C=CCS(=O)(=O)Cl.C=CCS(=O)(=O)O.[H-].[Na+]. The summed E-state index contributed by atoms with van der Waals surface area (Å²) >= 11 is 3.13. The third-order valence-electron chi connectivity index (χ3n) is 0.755. The van der Waals surface area contributed by atoms with Crippen molar-refractivity contribution in [2.75, 3.05) is 16.8 Å². The van der Waals surface area contributed by atoms with Gasteiger partial charge in [-0.15, -0.1) is 19.7 Å². The summed E-state index contributed by atoms with van der Waals surface area (Å²) in [6.45, 7) is 9.72. The van der Waals surface area contributed by atoms with Crippen molar-refractivity contribution in [3.8, 4) is 0 Å². The summed E-state index contributed by atoms with van der Waals surface area (Å²) in [6.07, 6.45) is 4.15. The topological polar surface area (TPSA) is 88.5 Å². The van der Waals surface area contributed by atoms with Crippen LogP contribution in [-0.4, -0.2) is 38.2 Å². The predicted molar refractivity (Wildman–Crippen MR) is 81.6 cm³/mol. The smallest absolute Gasteiger partial charge is 1.00 e. The Morgan fingerprint density at radius 2 is 1.37 bits per heavy atom. The van der Waals surface area contributed by atoms with E-state index in [-0.39, 0.29) is 42.5 Å². The molecule has 5 nitrogen and oxygen atoms in total. The van der Waals surface area contributed by atoms with Gasteiger partial charge in [0.05, 0.1) is 11.5 Å². The van der Waals surface area contributed by atoms with Crippen LogP contribution < -0.4 is 29.6 Å². The second-order valence-electron chi connectivity index (χ2n) is 2.47. The van der Waals surface area contributed by atoms with Crippen molar-refractivity contribution in [3.05, 3.63) is 38.0 Å². The summed E-state index contributed by atoms with van der Waals surface area (Å²) in [4.78, 5) is 0. The summed E-state index contributed by atoms with van der Waals surface area (Å²) < 4.78 is 47.2. The zero-order valence-electron chi connectivity index (χ0n) is 11.6. The largest absolute Gasteiger partial charge is 1.00 e. The van der Waals surface area contributed by atoms with Gasteiger partial charge in [-0.2, -0.15) is 8.42 Å². The van der Waals surface area contributed by atoms with Gasteiger partial charge >= 0.3 is 29.6 Å². The van der Waals surface area contributed by atoms with Gasteiger partial charge in [-0.3, -0.25) is 4.55 Å². The standard InChI is InChI=1S/C3H5Br.C3H5ClO2S.C3H6O3S.Na.H/c1-2-3-4;2*1-2-3-7(4,5)6;;/h2H,1,3H2;2H,1,3H2;2H,1,3H2,(H,4,5,6);;/q;;;+1;-1. The molecule has 0 bridgehead atoms. The first-order chi connectivity index (χ1) is 8.04. The van der Waals surface area contributed by atoms with Crippen LogP contribution in [0.4, 0.5) is 0 Å². The van der Waals surface area contributed by atoms with Crippen LogP contribution in [-0.2, 0) is 19.2 Å². The first-order valence-electron chi connectivity index (χ1n) is 4.30. The molecule has 0 rings (SSSR count). The van der Waals surface area contributed by atoms with Gasteiger partial charge in [0.1, 0.15) is 0 Å². The molecule has 19 heavy (non-hydrogen) atoms. The van der Waals surface area contributed by atoms with Crippen LogP contribution in [0, 0.1) is 0 Å². The molecule has 10 heteroatoms. The first kappa shape index (κ1) is 28.1. The molecule has 0 fully saturated rings. The van der Waals surface area contributed by atoms with Crippen LogP contribution in [0.1, 0.15) is 1.43 Å². The van der Waals surface area contributed by atoms with E-state index in [2.05, 4.69) is 35.7 Å². The molecule has 0 amide bonds. The van der Waals surface area contributed by atoms with E-state index in [1.165, 1.54) is 6.08 Å². The molecule has 0 saturated carbocycles. The summed E-state index contributed by atoms with van der Waals surface area (Å²) in [5, 5.41) is 0.896. The third-order valence-corrected chi connectivity index (χ3v) is 2.88. The number of hydrogen-bond acceptors (Lipinski definition) is 4. The van der Waals surface area contributed by atoms with Crippen molar-refractivity contribution in [1.82, 2.24) is 0 Å². The Balaban J connectivity index is -0.0000000555. The van der Waals surface area contributed by atoms with Crippen LogP contribution in [0.3, 0.4) is 0 Å². The van der Waals surface area contributed by atoms with E-state index in [4.69, 9.17) is 15.2 Å². The van der Waals surface area contributed by atoms with Gasteiger partial charge in [0.25, 0.3) is 10.1 Å². The fourth-order valence-electron chi connectivity index (χ4n) is 0.290. The van der Waals surface area contributed by atoms with Crippen molar-refractivity contribution in [2.24, 2.45) is 0 Å². The summed E-state index contributed by atoms with van der Waals surface area (Å²) in [5.41, 5.74) is 0. The number of halogens is 2. The molecule has 110 valence electrons. The molecule has 0 aromatic heterocycles. The van der Waals surface area contributed by atoms with Crippen LogP contribution in [0.5, 0.6) is 0 Å². The van der Waals surface area contributed by atoms with Crippen LogP contribution in [0.15, 0.2) is 38.0 Å². The Kier molecular flexibility index (Phi) is 25.0. The summed E-state index contributed by atoms with van der Waals surface area (Å²) in [7, 11) is -2.38. The van der Waals surface area contributed by atoms with Crippen molar-refractivity contribution >= 4 is 45.8 Å². The Morgan fingerprint density at radius 3 is 1.37 bits per heavy atom. The average Bonchev–Trinajstić information content (AvgIpc) is 2.15. The van der Waals surface area contributed by atoms with E-state index in [9.17, 15) is 16.8 Å². The number of hydrogen-bond donors (Lipinski definition) is 1. The predicted octanol–water partition coefficient (Wildman–Crippen LogP) is -0.515. The minimum Gasteiger partial charge on any atom is -1.00 e. The van der Waals surface area contributed by atoms with Crippen LogP contribution >= 0.6 is 26.6 Å². The fraction of sp³-hybridized carbons (Fsp3) is 0.333. The molecule has 0 aromatic carbocycles. The van der Waals surface area contributed by atoms with E-state index in [0.717, 1.165) is 11.4 Å². The number of alkyl halides is 1. The number of allylic oxidation sites excluding steroid dienone is 1. The van der Waals surface area contributed by atoms with Gasteiger partial charge in [-0.05, 0) is 0 Å². The fourth-order valence-corrected chi connectivity index (χ4v) is 1.14. The molecule has 0 saturated heterocycles. The van der Waals surface area contributed by atoms with Crippen molar-refractivity contribution < 1.29 is 52.4 Å². The van der Waals surface area contributed by atoms with E-state index >= 15 is 0 Å². The average molecular weight is 408 g/mol. The van der Waals surface area contributed by atoms with Crippen LogP contribution in [0.25, 0.3) is 0 Å². The summed E-state index contributed by atoms with van der Waals surface area (Å²) in [5.74, 6) is -0.526. The Bertz CT molecular complexity index is 401. The second kappa shape index (κ2) is 16.9.